The van der Waals surface area contributed by atoms with Gasteiger partial charge in [-0.3, -0.25) is 0 Å². The fourth-order valence-corrected chi connectivity index (χ4v) is 0.677. The Labute approximate surface area is 60.6 Å². The van der Waals surface area contributed by atoms with Gasteiger partial charge in [0.05, 0.1) is 6.10 Å². The van der Waals surface area contributed by atoms with Crippen molar-refractivity contribution >= 4 is 0 Å². The van der Waals surface area contributed by atoms with Crippen molar-refractivity contribution in [1.29, 1.82) is 0 Å². The van der Waals surface area contributed by atoms with Gasteiger partial charge in [-0.05, 0) is 27.7 Å². The SMILES string of the molecule is CC(C)OC(C)(C)OOO. The minimum atomic E-state index is -0.900. The predicted octanol–water partition coefficient (Wildman–Crippen LogP) is 1.57. The summed E-state index contributed by atoms with van der Waals surface area (Å²) in [6, 6.07) is 0. The van der Waals surface area contributed by atoms with Crippen molar-refractivity contribution in [2.45, 2.75) is 39.6 Å². The topological polar surface area (TPSA) is 47.9 Å². The molecule has 0 heterocycles. The Hall–Kier alpha value is -0.160. The first kappa shape index (κ1) is 9.84. The molecule has 1 N–H and O–H groups in total. The minimum Gasteiger partial charge on any atom is -0.345 e. The second kappa shape index (κ2) is 3.88. The van der Waals surface area contributed by atoms with Gasteiger partial charge in [0.15, 0.2) is 5.79 Å². The van der Waals surface area contributed by atoms with E-state index in [4.69, 9.17) is 9.99 Å². The van der Waals surface area contributed by atoms with Crippen molar-refractivity contribution in [3.8, 4) is 0 Å². The first-order valence-corrected chi connectivity index (χ1v) is 3.15. The van der Waals surface area contributed by atoms with Crippen molar-refractivity contribution in [3.05, 3.63) is 0 Å². The fourth-order valence-electron chi connectivity index (χ4n) is 0.677. The summed E-state index contributed by atoms with van der Waals surface area (Å²) < 4.78 is 5.17. The summed E-state index contributed by atoms with van der Waals surface area (Å²) in [6.07, 6.45) is 0.0325. The molecule has 0 bridgehead atoms. The van der Waals surface area contributed by atoms with Gasteiger partial charge in [0.2, 0.25) is 0 Å². The lowest BCUT2D eigenvalue weighted by Gasteiger charge is -2.23. The van der Waals surface area contributed by atoms with Gasteiger partial charge in [-0.25, -0.2) is 5.26 Å². The average Bonchev–Trinajstić information content (AvgIpc) is 1.59. The van der Waals surface area contributed by atoms with Crippen LogP contribution in [0.2, 0.25) is 0 Å². The van der Waals surface area contributed by atoms with Crippen LogP contribution in [0.15, 0.2) is 0 Å². The third kappa shape index (κ3) is 4.69. The first-order chi connectivity index (χ1) is 4.48. The van der Waals surface area contributed by atoms with Crippen molar-refractivity contribution in [2.24, 2.45) is 0 Å². The van der Waals surface area contributed by atoms with E-state index in [-0.39, 0.29) is 6.10 Å². The molecular formula is C6H14O4. The normalized spacial score (nSPS) is 12.6. The van der Waals surface area contributed by atoms with Gasteiger partial charge in [0.25, 0.3) is 0 Å². The molecule has 0 aliphatic rings. The molecule has 0 rings (SSSR count). The predicted molar refractivity (Wildman–Crippen MR) is 35.1 cm³/mol. The van der Waals surface area contributed by atoms with Crippen molar-refractivity contribution < 1.29 is 19.9 Å². The molecule has 0 fully saturated rings. The Morgan fingerprint density at radius 1 is 1.30 bits per heavy atom. The summed E-state index contributed by atoms with van der Waals surface area (Å²) in [4.78, 5) is 4.37. The van der Waals surface area contributed by atoms with Crippen LogP contribution in [0.25, 0.3) is 0 Å². The largest absolute Gasteiger partial charge is 0.345 e. The maximum atomic E-state index is 7.91. The standard InChI is InChI=1S/C6H14O4/c1-5(2)8-6(3,4)9-10-7/h5,7H,1-4H3. The van der Waals surface area contributed by atoms with E-state index in [2.05, 4.69) is 9.93 Å². The van der Waals surface area contributed by atoms with Gasteiger partial charge in [-0.15, -0.1) is 0 Å². The van der Waals surface area contributed by atoms with Crippen LogP contribution in [-0.4, -0.2) is 17.1 Å². The highest BCUT2D eigenvalue weighted by Gasteiger charge is 2.21. The summed E-state index contributed by atoms with van der Waals surface area (Å²) in [5, 5.41) is 11.4. The van der Waals surface area contributed by atoms with Crippen LogP contribution in [0.3, 0.4) is 0 Å². The molecule has 0 amide bonds. The molecule has 4 heteroatoms. The van der Waals surface area contributed by atoms with E-state index in [1.54, 1.807) is 13.8 Å². The van der Waals surface area contributed by atoms with Crippen molar-refractivity contribution in [2.75, 3.05) is 0 Å². The molecule has 0 aliphatic carbocycles. The Morgan fingerprint density at radius 2 is 1.80 bits per heavy atom. The van der Waals surface area contributed by atoms with Gasteiger partial charge < -0.3 is 4.74 Å². The Kier molecular flexibility index (Phi) is 3.81. The second-order valence-corrected chi connectivity index (χ2v) is 2.72. The van der Waals surface area contributed by atoms with Gasteiger partial charge >= 0.3 is 0 Å². The zero-order valence-electron chi connectivity index (χ0n) is 6.75. The van der Waals surface area contributed by atoms with Gasteiger partial charge in [-0.2, -0.15) is 4.89 Å². The molecule has 10 heavy (non-hydrogen) atoms. The molecule has 0 aromatic heterocycles. The molecule has 0 saturated heterocycles. The van der Waals surface area contributed by atoms with E-state index in [0.717, 1.165) is 0 Å². The molecule has 0 aromatic carbocycles. The number of hydrogen-bond acceptors (Lipinski definition) is 4. The average molecular weight is 150 g/mol. The third-order valence-corrected chi connectivity index (χ3v) is 0.757. The summed E-state index contributed by atoms with van der Waals surface area (Å²) in [5.41, 5.74) is 0. The van der Waals surface area contributed by atoms with Crippen molar-refractivity contribution in [1.82, 2.24) is 0 Å². The van der Waals surface area contributed by atoms with Crippen LogP contribution in [0, 0.1) is 0 Å². The summed E-state index contributed by atoms with van der Waals surface area (Å²) in [7, 11) is 0. The third-order valence-electron chi connectivity index (χ3n) is 0.757. The van der Waals surface area contributed by atoms with E-state index < -0.39 is 5.79 Å². The molecular weight excluding hydrogens is 136 g/mol. The molecule has 0 saturated carbocycles. The molecule has 0 spiro atoms. The highest BCUT2D eigenvalue weighted by Crippen LogP contribution is 2.13. The van der Waals surface area contributed by atoms with E-state index in [9.17, 15) is 0 Å². The van der Waals surface area contributed by atoms with Crippen LogP contribution >= 0.6 is 0 Å². The monoisotopic (exact) mass is 150 g/mol. The zero-order chi connectivity index (χ0) is 8.20. The first-order valence-electron chi connectivity index (χ1n) is 3.15. The Morgan fingerprint density at radius 3 is 2.10 bits per heavy atom. The minimum absolute atomic E-state index is 0.0325. The number of hydrogen-bond donors (Lipinski definition) is 1. The molecule has 0 atom stereocenters. The van der Waals surface area contributed by atoms with Gasteiger partial charge in [-0.1, -0.05) is 5.04 Å². The summed E-state index contributed by atoms with van der Waals surface area (Å²) in [5.74, 6) is -0.900. The highest BCUT2D eigenvalue weighted by atomic mass is 17.5. The van der Waals surface area contributed by atoms with Crippen LogP contribution in [-0.2, 0) is 14.7 Å². The second-order valence-electron chi connectivity index (χ2n) is 2.72. The Balaban J connectivity index is 3.63. The maximum Gasteiger partial charge on any atom is 0.199 e. The van der Waals surface area contributed by atoms with Crippen LogP contribution in [0.5, 0.6) is 0 Å². The number of rotatable bonds is 4. The maximum absolute atomic E-state index is 7.91. The highest BCUT2D eigenvalue weighted by molar-refractivity contribution is 4.52. The van der Waals surface area contributed by atoms with Crippen LogP contribution in [0.1, 0.15) is 27.7 Å². The Bertz CT molecular complexity index is 89.7. The molecule has 0 aromatic rings. The van der Waals surface area contributed by atoms with Gasteiger partial charge in [0, 0.05) is 0 Å². The molecule has 0 unspecified atom stereocenters. The molecule has 0 aliphatic heterocycles. The lowest BCUT2D eigenvalue weighted by atomic mass is 10.3. The number of ether oxygens (including phenoxy) is 1. The van der Waals surface area contributed by atoms with Crippen molar-refractivity contribution in [3.63, 3.8) is 0 Å². The zero-order valence-corrected chi connectivity index (χ0v) is 6.75. The lowest BCUT2D eigenvalue weighted by molar-refractivity contribution is -0.553. The van der Waals surface area contributed by atoms with Crippen LogP contribution < -0.4 is 0 Å². The lowest BCUT2D eigenvalue weighted by Crippen LogP contribution is -2.31. The summed E-state index contributed by atoms with van der Waals surface area (Å²) in [6.45, 7) is 7.01. The summed E-state index contributed by atoms with van der Waals surface area (Å²) >= 11 is 0. The van der Waals surface area contributed by atoms with E-state index in [1.807, 2.05) is 13.8 Å². The smallest absolute Gasteiger partial charge is 0.199 e. The van der Waals surface area contributed by atoms with Gasteiger partial charge in [0.1, 0.15) is 0 Å². The molecule has 4 nitrogen and oxygen atoms in total. The van der Waals surface area contributed by atoms with E-state index in [0.29, 0.717) is 0 Å². The van der Waals surface area contributed by atoms with E-state index >= 15 is 0 Å². The van der Waals surface area contributed by atoms with E-state index in [1.165, 1.54) is 0 Å². The molecule has 62 valence electrons. The quantitative estimate of drug-likeness (QED) is 0.375. The van der Waals surface area contributed by atoms with Crippen LogP contribution in [0.4, 0.5) is 0 Å². The fraction of sp³-hybridized carbons (Fsp3) is 1.00. The molecule has 0 radical (unpaired) electrons.